The molecule has 1 aliphatic rings. The Morgan fingerprint density at radius 1 is 0.645 bits per heavy atom. The minimum Gasteiger partial charge on any atom is -0.457 e. The lowest BCUT2D eigenvalue weighted by molar-refractivity contribution is -0.299. The Bertz CT molecular complexity index is 1110. The zero-order valence-corrected chi connectivity index (χ0v) is 17.5. The van der Waals surface area contributed by atoms with E-state index in [1.165, 1.54) is 48.5 Å². The lowest BCUT2D eigenvalue weighted by Crippen LogP contribution is -2.57. The number of alkyl halides is 5. The standard InChI is InChI=1S/C25H21F5O/c1-14-10-19-21(12-16(14)3)31-22-13-17(4)15(2)11-20(22)23(19,18-8-6-5-7-9-18)24(26,27)25(28,29)30/h5-13H,1-4H3. The second-order valence-electron chi connectivity index (χ2n) is 8.16. The van der Waals surface area contributed by atoms with Crippen molar-refractivity contribution in [2.45, 2.75) is 45.2 Å². The molecule has 0 N–H and O–H groups in total. The summed E-state index contributed by atoms with van der Waals surface area (Å²) in [5.41, 5.74) is -0.645. The van der Waals surface area contributed by atoms with Crippen molar-refractivity contribution in [1.29, 1.82) is 0 Å². The van der Waals surface area contributed by atoms with Crippen LogP contribution in [-0.2, 0) is 5.41 Å². The first-order valence-electron chi connectivity index (χ1n) is 9.82. The highest BCUT2D eigenvalue weighted by molar-refractivity contribution is 5.67. The molecular formula is C25H21F5O. The Balaban J connectivity index is 2.27. The summed E-state index contributed by atoms with van der Waals surface area (Å²) >= 11 is 0. The van der Waals surface area contributed by atoms with E-state index < -0.39 is 17.5 Å². The van der Waals surface area contributed by atoms with Gasteiger partial charge in [-0.25, -0.2) is 0 Å². The maximum absolute atomic E-state index is 15.8. The van der Waals surface area contributed by atoms with Gasteiger partial charge in [0.1, 0.15) is 16.9 Å². The molecule has 31 heavy (non-hydrogen) atoms. The smallest absolute Gasteiger partial charge is 0.454 e. The molecule has 1 aliphatic heterocycles. The van der Waals surface area contributed by atoms with E-state index in [4.69, 9.17) is 4.74 Å². The van der Waals surface area contributed by atoms with E-state index in [1.807, 2.05) is 0 Å². The average molecular weight is 432 g/mol. The average Bonchev–Trinajstić information content (AvgIpc) is 2.68. The van der Waals surface area contributed by atoms with Crippen LogP contribution in [0.3, 0.4) is 0 Å². The van der Waals surface area contributed by atoms with E-state index in [2.05, 4.69) is 0 Å². The maximum Gasteiger partial charge on any atom is 0.454 e. The SMILES string of the molecule is Cc1cc2c(cc1C)C(c1ccccc1)(C(F)(F)C(F)(F)F)c1cc(C)c(C)cc1O2. The molecule has 0 amide bonds. The predicted octanol–water partition coefficient (Wildman–Crippen LogP) is 7.56. The molecule has 0 radical (unpaired) electrons. The Kier molecular flexibility index (Phi) is 4.69. The summed E-state index contributed by atoms with van der Waals surface area (Å²) in [5, 5.41) is 0. The van der Waals surface area contributed by atoms with Crippen LogP contribution >= 0.6 is 0 Å². The first-order chi connectivity index (χ1) is 14.4. The van der Waals surface area contributed by atoms with Gasteiger partial charge in [0.15, 0.2) is 0 Å². The third-order valence-corrected chi connectivity index (χ3v) is 6.25. The van der Waals surface area contributed by atoms with Gasteiger partial charge in [-0.3, -0.25) is 0 Å². The fourth-order valence-electron chi connectivity index (χ4n) is 4.33. The fourth-order valence-corrected chi connectivity index (χ4v) is 4.33. The van der Waals surface area contributed by atoms with E-state index in [0.717, 1.165) is 11.1 Å². The molecule has 1 heterocycles. The monoisotopic (exact) mass is 432 g/mol. The molecule has 0 saturated carbocycles. The van der Waals surface area contributed by atoms with Crippen LogP contribution in [0.25, 0.3) is 0 Å². The molecular weight excluding hydrogens is 411 g/mol. The zero-order chi connectivity index (χ0) is 22.8. The second-order valence-corrected chi connectivity index (χ2v) is 8.16. The summed E-state index contributed by atoms with van der Waals surface area (Å²) in [6.45, 7) is 6.90. The van der Waals surface area contributed by atoms with Crippen LogP contribution in [0.5, 0.6) is 11.5 Å². The third-order valence-electron chi connectivity index (χ3n) is 6.25. The highest BCUT2D eigenvalue weighted by Crippen LogP contribution is 2.63. The van der Waals surface area contributed by atoms with E-state index in [-0.39, 0.29) is 28.2 Å². The number of benzene rings is 3. The lowest BCUT2D eigenvalue weighted by Gasteiger charge is -2.46. The number of hydrogen-bond acceptors (Lipinski definition) is 1. The Morgan fingerprint density at radius 2 is 1.06 bits per heavy atom. The van der Waals surface area contributed by atoms with Gasteiger partial charge in [0.2, 0.25) is 0 Å². The molecule has 0 unspecified atom stereocenters. The molecule has 0 aliphatic carbocycles. The van der Waals surface area contributed by atoms with Gasteiger partial charge in [0, 0.05) is 11.1 Å². The van der Waals surface area contributed by atoms with Crippen LogP contribution in [-0.4, -0.2) is 12.1 Å². The molecule has 3 aromatic rings. The number of aryl methyl sites for hydroxylation is 4. The predicted molar refractivity (Wildman–Crippen MR) is 109 cm³/mol. The molecule has 6 heteroatoms. The summed E-state index contributed by atoms with van der Waals surface area (Å²) in [5.74, 6) is -5.10. The highest BCUT2D eigenvalue weighted by atomic mass is 19.4. The quantitative estimate of drug-likeness (QED) is 0.380. The normalized spacial score (nSPS) is 15.1. The van der Waals surface area contributed by atoms with Crippen LogP contribution in [0.4, 0.5) is 22.0 Å². The molecule has 0 atom stereocenters. The number of rotatable bonds is 2. The van der Waals surface area contributed by atoms with Crippen molar-refractivity contribution in [1.82, 2.24) is 0 Å². The second kappa shape index (κ2) is 6.81. The summed E-state index contributed by atoms with van der Waals surface area (Å²) in [7, 11) is 0. The fraction of sp³-hybridized carbons (Fsp3) is 0.280. The summed E-state index contributed by atoms with van der Waals surface area (Å²) in [4.78, 5) is 0. The van der Waals surface area contributed by atoms with E-state index >= 15 is 8.78 Å². The van der Waals surface area contributed by atoms with Gasteiger partial charge < -0.3 is 4.74 Å². The lowest BCUT2D eigenvalue weighted by atomic mass is 9.62. The Morgan fingerprint density at radius 3 is 1.48 bits per heavy atom. The molecule has 0 fully saturated rings. The summed E-state index contributed by atoms with van der Waals surface area (Å²) < 4.78 is 79.8. The van der Waals surface area contributed by atoms with Crippen molar-refractivity contribution in [2.75, 3.05) is 0 Å². The van der Waals surface area contributed by atoms with Crippen LogP contribution in [0, 0.1) is 27.7 Å². The highest BCUT2D eigenvalue weighted by Gasteiger charge is 2.73. The number of hydrogen-bond donors (Lipinski definition) is 0. The first kappa shape index (κ1) is 21.3. The van der Waals surface area contributed by atoms with Crippen molar-refractivity contribution in [3.05, 3.63) is 93.5 Å². The van der Waals surface area contributed by atoms with Gasteiger partial charge >= 0.3 is 12.1 Å². The summed E-state index contributed by atoms with van der Waals surface area (Å²) in [6, 6.07) is 13.0. The van der Waals surface area contributed by atoms with E-state index in [0.29, 0.717) is 11.1 Å². The van der Waals surface area contributed by atoms with Crippen molar-refractivity contribution >= 4 is 0 Å². The van der Waals surface area contributed by atoms with Crippen molar-refractivity contribution in [3.63, 3.8) is 0 Å². The molecule has 3 aromatic carbocycles. The minimum atomic E-state index is -5.80. The van der Waals surface area contributed by atoms with Gasteiger partial charge in [-0.1, -0.05) is 42.5 Å². The third kappa shape index (κ3) is 2.87. The van der Waals surface area contributed by atoms with Gasteiger partial charge in [-0.15, -0.1) is 0 Å². The number of ether oxygens (including phenoxy) is 1. The molecule has 0 saturated heterocycles. The molecule has 0 bridgehead atoms. The molecule has 4 rings (SSSR count). The first-order valence-corrected chi connectivity index (χ1v) is 9.82. The maximum atomic E-state index is 15.8. The summed E-state index contributed by atoms with van der Waals surface area (Å²) in [6.07, 6.45) is -5.80. The van der Waals surface area contributed by atoms with Crippen molar-refractivity contribution in [2.24, 2.45) is 0 Å². The number of halogens is 5. The van der Waals surface area contributed by atoms with Crippen LogP contribution in [0.2, 0.25) is 0 Å². The largest absolute Gasteiger partial charge is 0.457 e. The van der Waals surface area contributed by atoms with Crippen molar-refractivity contribution < 1.29 is 26.7 Å². The van der Waals surface area contributed by atoms with Crippen LogP contribution in [0.1, 0.15) is 38.9 Å². The molecule has 1 nitrogen and oxygen atoms in total. The molecule has 0 spiro atoms. The van der Waals surface area contributed by atoms with Crippen LogP contribution < -0.4 is 4.74 Å². The number of fused-ring (bicyclic) bond motifs is 2. The topological polar surface area (TPSA) is 9.23 Å². The van der Waals surface area contributed by atoms with Crippen molar-refractivity contribution in [3.8, 4) is 11.5 Å². The zero-order valence-electron chi connectivity index (χ0n) is 17.5. The Hall–Kier alpha value is -2.89. The Labute approximate surface area is 177 Å². The van der Waals surface area contributed by atoms with Crippen LogP contribution in [0.15, 0.2) is 54.6 Å². The van der Waals surface area contributed by atoms with Gasteiger partial charge in [0.05, 0.1) is 0 Å². The van der Waals surface area contributed by atoms with E-state index in [9.17, 15) is 13.2 Å². The van der Waals surface area contributed by atoms with Gasteiger partial charge in [-0.05, 0) is 67.6 Å². The minimum absolute atomic E-state index is 0.00614. The van der Waals surface area contributed by atoms with E-state index in [1.54, 1.807) is 33.8 Å². The molecule has 162 valence electrons. The molecule has 0 aromatic heterocycles. The van der Waals surface area contributed by atoms with Gasteiger partial charge in [-0.2, -0.15) is 22.0 Å². The van der Waals surface area contributed by atoms with Gasteiger partial charge in [0.25, 0.3) is 0 Å².